The van der Waals surface area contributed by atoms with Gasteiger partial charge < -0.3 is 5.32 Å². The monoisotopic (exact) mass is 369 g/mol. The van der Waals surface area contributed by atoms with Gasteiger partial charge in [-0.15, -0.1) is 11.8 Å². The molecule has 1 aromatic carbocycles. The quantitative estimate of drug-likeness (QED) is 0.643. The minimum absolute atomic E-state index is 0.687. The minimum Gasteiger partial charge on any atom is -0.313 e. The Kier molecular flexibility index (Phi) is 7.62. The van der Waals surface area contributed by atoms with Crippen LogP contribution in [-0.2, 0) is 0 Å². The summed E-state index contributed by atoms with van der Waals surface area (Å²) in [5.41, 5.74) is 0. The van der Waals surface area contributed by atoms with Gasteiger partial charge in [-0.3, -0.25) is 0 Å². The van der Waals surface area contributed by atoms with Crippen molar-refractivity contribution in [1.29, 1.82) is 0 Å². The third-order valence-electron chi connectivity index (χ3n) is 4.35. The number of nitrogens with one attached hydrogen (secondary N) is 1. The van der Waals surface area contributed by atoms with Crippen LogP contribution in [0.2, 0.25) is 0 Å². The van der Waals surface area contributed by atoms with E-state index in [1.54, 1.807) is 0 Å². The van der Waals surface area contributed by atoms with Gasteiger partial charge in [0.1, 0.15) is 0 Å². The van der Waals surface area contributed by atoms with Crippen molar-refractivity contribution >= 4 is 27.7 Å². The van der Waals surface area contributed by atoms with Gasteiger partial charge in [-0.2, -0.15) is 0 Å². The summed E-state index contributed by atoms with van der Waals surface area (Å²) in [5, 5.41) is 4.51. The molecule has 1 nitrogen and oxygen atoms in total. The second-order valence-corrected chi connectivity index (χ2v) is 8.37. The zero-order chi connectivity index (χ0) is 15.1. The molecule has 1 N–H and O–H groups in total. The predicted octanol–water partition coefficient (Wildman–Crippen LogP) is 5.88. The molecule has 21 heavy (non-hydrogen) atoms. The van der Waals surface area contributed by atoms with Crippen LogP contribution < -0.4 is 5.32 Å². The average Bonchev–Trinajstić information content (AvgIpc) is 2.49. The van der Waals surface area contributed by atoms with Crippen molar-refractivity contribution < 1.29 is 0 Å². The van der Waals surface area contributed by atoms with Gasteiger partial charge in [-0.05, 0) is 62.4 Å². The van der Waals surface area contributed by atoms with Crippen LogP contribution in [0.25, 0.3) is 0 Å². The molecule has 1 saturated carbocycles. The topological polar surface area (TPSA) is 12.0 Å². The van der Waals surface area contributed by atoms with Gasteiger partial charge in [0.25, 0.3) is 0 Å². The molecular weight excluding hydrogens is 342 g/mol. The highest BCUT2D eigenvalue weighted by Crippen LogP contribution is 2.38. The third-order valence-corrected chi connectivity index (χ3v) is 6.25. The van der Waals surface area contributed by atoms with Crippen molar-refractivity contribution in [2.45, 2.75) is 68.6 Å². The molecule has 0 spiro atoms. The standard InChI is InChI=1S/C18H28BrNS/c1-3-5-14-6-11-17(20-12-4-2)18(13-14)21-16-9-7-15(19)8-10-16/h7-10,14,17-18,20H,3-6,11-13H2,1-2H3. The van der Waals surface area contributed by atoms with Crippen molar-refractivity contribution in [2.75, 3.05) is 6.54 Å². The van der Waals surface area contributed by atoms with E-state index in [-0.39, 0.29) is 0 Å². The number of halogens is 1. The molecule has 0 radical (unpaired) electrons. The fourth-order valence-corrected chi connectivity index (χ4v) is 4.94. The van der Waals surface area contributed by atoms with Gasteiger partial charge in [0.2, 0.25) is 0 Å². The van der Waals surface area contributed by atoms with Gasteiger partial charge >= 0.3 is 0 Å². The van der Waals surface area contributed by atoms with Crippen LogP contribution in [0, 0.1) is 5.92 Å². The molecule has 1 aliphatic carbocycles. The lowest BCUT2D eigenvalue weighted by atomic mass is 9.83. The number of hydrogen-bond acceptors (Lipinski definition) is 2. The van der Waals surface area contributed by atoms with Crippen molar-refractivity contribution in [3.8, 4) is 0 Å². The van der Waals surface area contributed by atoms with Gasteiger partial charge in [-0.25, -0.2) is 0 Å². The molecule has 1 aromatic rings. The third kappa shape index (κ3) is 5.61. The molecule has 1 fully saturated rings. The predicted molar refractivity (Wildman–Crippen MR) is 98.1 cm³/mol. The summed E-state index contributed by atoms with van der Waals surface area (Å²) in [7, 11) is 0. The smallest absolute Gasteiger partial charge is 0.0251 e. The maximum atomic E-state index is 3.79. The molecule has 3 unspecified atom stereocenters. The maximum absolute atomic E-state index is 3.79. The first kappa shape index (κ1) is 17.4. The van der Waals surface area contributed by atoms with Gasteiger partial charge in [-0.1, -0.05) is 42.6 Å². The molecule has 2 rings (SSSR count). The molecule has 0 aliphatic heterocycles. The number of rotatable bonds is 7. The Balaban J connectivity index is 1.99. The first-order chi connectivity index (χ1) is 10.2. The van der Waals surface area contributed by atoms with Crippen LogP contribution in [0.4, 0.5) is 0 Å². The average molecular weight is 370 g/mol. The molecule has 0 heterocycles. The highest BCUT2D eigenvalue weighted by atomic mass is 79.9. The lowest BCUT2D eigenvalue weighted by Crippen LogP contribution is -2.42. The van der Waals surface area contributed by atoms with Crippen molar-refractivity contribution in [3.05, 3.63) is 28.7 Å². The highest BCUT2D eigenvalue weighted by Gasteiger charge is 2.30. The van der Waals surface area contributed by atoms with Crippen LogP contribution in [-0.4, -0.2) is 17.8 Å². The summed E-state index contributed by atoms with van der Waals surface area (Å²) in [4.78, 5) is 1.41. The molecule has 0 saturated heterocycles. The fraction of sp³-hybridized carbons (Fsp3) is 0.667. The largest absolute Gasteiger partial charge is 0.313 e. The van der Waals surface area contributed by atoms with E-state index >= 15 is 0 Å². The maximum Gasteiger partial charge on any atom is 0.0251 e. The van der Waals surface area contributed by atoms with Crippen LogP contribution >= 0.6 is 27.7 Å². The molecule has 3 atom stereocenters. The summed E-state index contributed by atoms with van der Waals surface area (Å²) in [6, 6.07) is 9.49. The van der Waals surface area contributed by atoms with Crippen molar-refractivity contribution in [3.63, 3.8) is 0 Å². The Morgan fingerprint density at radius 3 is 2.57 bits per heavy atom. The van der Waals surface area contributed by atoms with Crippen molar-refractivity contribution in [2.24, 2.45) is 5.92 Å². The molecule has 3 heteroatoms. The van der Waals surface area contributed by atoms with E-state index in [0.29, 0.717) is 6.04 Å². The number of thioether (sulfide) groups is 1. The van der Waals surface area contributed by atoms with E-state index in [4.69, 9.17) is 0 Å². The second kappa shape index (κ2) is 9.22. The Hall–Kier alpha value is 0.01000. The van der Waals surface area contributed by atoms with E-state index < -0.39 is 0 Å². The first-order valence-corrected chi connectivity index (χ1v) is 10.1. The van der Waals surface area contributed by atoms with Crippen LogP contribution in [0.3, 0.4) is 0 Å². The minimum atomic E-state index is 0.687. The number of hydrogen-bond donors (Lipinski definition) is 1. The Morgan fingerprint density at radius 1 is 1.14 bits per heavy atom. The summed E-state index contributed by atoms with van der Waals surface area (Å²) >= 11 is 5.60. The molecule has 0 aromatic heterocycles. The summed E-state index contributed by atoms with van der Waals surface area (Å²) in [6.07, 6.45) is 8.08. The molecule has 118 valence electrons. The lowest BCUT2D eigenvalue weighted by molar-refractivity contribution is 0.287. The fourth-order valence-electron chi connectivity index (χ4n) is 3.26. The second-order valence-electron chi connectivity index (χ2n) is 6.14. The normalized spacial score (nSPS) is 26.0. The van der Waals surface area contributed by atoms with Crippen molar-refractivity contribution in [1.82, 2.24) is 5.32 Å². The summed E-state index contributed by atoms with van der Waals surface area (Å²) < 4.78 is 1.17. The SMILES string of the molecule is CCCNC1CCC(CCC)CC1Sc1ccc(Br)cc1. The van der Waals surface area contributed by atoms with E-state index in [0.717, 1.165) is 17.7 Å². The lowest BCUT2D eigenvalue weighted by Gasteiger charge is -2.36. The summed E-state index contributed by atoms with van der Waals surface area (Å²) in [5.74, 6) is 0.933. The zero-order valence-electron chi connectivity index (χ0n) is 13.3. The Labute approximate surface area is 142 Å². The van der Waals surface area contributed by atoms with Crippen LogP contribution in [0.1, 0.15) is 52.4 Å². The van der Waals surface area contributed by atoms with E-state index in [2.05, 4.69) is 71.1 Å². The highest BCUT2D eigenvalue weighted by molar-refractivity contribution is 9.10. The molecule has 0 amide bonds. The first-order valence-electron chi connectivity index (χ1n) is 8.38. The van der Waals surface area contributed by atoms with Gasteiger partial charge in [0.05, 0.1) is 0 Å². The van der Waals surface area contributed by atoms with Gasteiger partial charge in [0, 0.05) is 20.7 Å². The number of benzene rings is 1. The molecular formula is C18H28BrNS. The van der Waals surface area contributed by atoms with Crippen LogP contribution in [0.15, 0.2) is 33.6 Å². The van der Waals surface area contributed by atoms with E-state index in [9.17, 15) is 0 Å². The molecule has 0 bridgehead atoms. The summed E-state index contributed by atoms with van der Waals surface area (Å²) in [6.45, 7) is 5.73. The van der Waals surface area contributed by atoms with Crippen LogP contribution in [0.5, 0.6) is 0 Å². The van der Waals surface area contributed by atoms with Gasteiger partial charge in [0.15, 0.2) is 0 Å². The zero-order valence-corrected chi connectivity index (χ0v) is 15.7. The van der Waals surface area contributed by atoms with E-state index in [1.165, 1.54) is 47.9 Å². The Bertz CT molecular complexity index is 406. The van der Waals surface area contributed by atoms with E-state index in [1.807, 2.05) is 0 Å². The Morgan fingerprint density at radius 2 is 1.90 bits per heavy atom. The molecule has 1 aliphatic rings.